The van der Waals surface area contributed by atoms with Crippen molar-refractivity contribution in [2.75, 3.05) is 6.61 Å². The molecule has 0 saturated heterocycles. The normalized spacial score (nSPS) is 13.8. The number of unbranched alkanes of at least 4 members (excludes halogenated alkanes) is 24. The third-order valence-corrected chi connectivity index (χ3v) is 12.4. The molecule has 0 aliphatic carbocycles. The van der Waals surface area contributed by atoms with E-state index in [4.69, 9.17) is 4.74 Å². The second-order valence-corrected chi connectivity index (χ2v) is 19.0. The van der Waals surface area contributed by atoms with Gasteiger partial charge >= 0.3 is 5.97 Å². The summed E-state index contributed by atoms with van der Waals surface area (Å²) in [6, 6.07) is -0.726. The van der Waals surface area contributed by atoms with Gasteiger partial charge in [-0.15, -0.1) is 0 Å². The van der Waals surface area contributed by atoms with Crippen LogP contribution in [0.25, 0.3) is 0 Å². The fourth-order valence-corrected chi connectivity index (χ4v) is 8.13. The number of aliphatic hydroxyl groups excluding tert-OH is 2. The Labute approximate surface area is 414 Å². The average Bonchev–Trinajstić information content (AvgIpc) is 3.32. The fraction of sp³-hybridized carbons (Fsp3) is 0.738. The van der Waals surface area contributed by atoms with Crippen LogP contribution in [-0.4, -0.2) is 46.9 Å². The minimum Gasteiger partial charge on any atom is -0.462 e. The van der Waals surface area contributed by atoms with Gasteiger partial charge in [-0.25, -0.2) is 0 Å². The first-order valence-electron chi connectivity index (χ1n) is 28.3. The second kappa shape index (κ2) is 54.0. The molecule has 0 aliphatic heterocycles. The molecule has 0 radical (unpaired) electrons. The molecule has 0 spiro atoms. The van der Waals surface area contributed by atoms with Crippen molar-refractivity contribution in [2.24, 2.45) is 0 Å². The van der Waals surface area contributed by atoms with Crippen molar-refractivity contribution in [3.8, 4) is 0 Å². The molecule has 0 bridgehead atoms. The van der Waals surface area contributed by atoms with Crippen LogP contribution in [0.2, 0.25) is 0 Å². The van der Waals surface area contributed by atoms with Crippen molar-refractivity contribution >= 4 is 11.9 Å². The Morgan fingerprint density at radius 1 is 0.433 bits per heavy atom. The first-order chi connectivity index (χ1) is 33.0. The summed E-state index contributed by atoms with van der Waals surface area (Å²) in [5, 5.41) is 23.8. The number of carbonyl (C=O) groups excluding carboxylic acids is 2. The largest absolute Gasteiger partial charge is 0.462 e. The highest BCUT2D eigenvalue weighted by Gasteiger charge is 2.24. The van der Waals surface area contributed by atoms with E-state index in [9.17, 15) is 19.8 Å². The van der Waals surface area contributed by atoms with Gasteiger partial charge in [-0.1, -0.05) is 228 Å². The zero-order valence-electron chi connectivity index (χ0n) is 44.0. The predicted molar refractivity (Wildman–Crippen MR) is 291 cm³/mol. The smallest absolute Gasteiger partial charge is 0.306 e. The SMILES string of the molecule is CCCCC/C=C\C/C=C\C/C=C\C/C=C\CCCCCC(=O)OC(CCCC/C=C\C/C=C\C/C=C\CCCCC)CC(=O)NC(CO)C(O)CCCCCCCCCCCCCCCC. The highest BCUT2D eigenvalue weighted by molar-refractivity contribution is 5.77. The van der Waals surface area contributed by atoms with E-state index in [1.807, 2.05) is 0 Å². The van der Waals surface area contributed by atoms with Gasteiger partial charge in [0.05, 0.1) is 25.2 Å². The maximum atomic E-state index is 13.3. The lowest BCUT2D eigenvalue weighted by molar-refractivity contribution is -0.151. The van der Waals surface area contributed by atoms with E-state index in [1.54, 1.807) is 0 Å². The van der Waals surface area contributed by atoms with E-state index in [0.717, 1.165) is 96.3 Å². The van der Waals surface area contributed by atoms with Crippen LogP contribution in [0.3, 0.4) is 0 Å². The Bertz CT molecular complexity index is 1280. The number of esters is 1. The number of rotatable bonds is 50. The van der Waals surface area contributed by atoms with Crippen LogP contribution in [0.15, 0.2) is 85.1 Å². The molecule has 3 atom stereocenters. The van der Waals surface area contributed by atoms with Gasteiger partial charge in [0.2, 0.25) is 5.91 Å². The summed E-state index contributed by atoms with van der Waals surface area (Å²) in [7, 11) is 0. The Hall–Kier alpha value is -2.96. The third-order valence-electron chi connectivity index (χ3n) is 12.4. The first-order valence-corrected chi connectivity index (χ1v) is 28.3. The molecule has 0 fully saturated rings. The van der Waals surface area contributed by atoms with Crippen LogP contribution >= 0.6 is 0 Å². The fourth-order valence-electron chi connectivity index (χ4n) is 8.13. The summed E-state index contributed by atoms with van der Waals surface area (Å²) in [6.07, 6.45) is 70.7. The zero-order chi connectivity index (χ0) is 48.8. The lowest BCUT2D eigenvalue weighted by Crippen LogP contribution is -2.46. The lowest BCUT2D eigenvalue weighted by atomic mass is 10.0. The van der Waals surface area contributed by atoms with Crippen molar-refractivity contribution in [1.29, 1.82) is 0 Å². The number of amides is 1. The third kappa shape index (κ3) is 49.3. The Kier molecular flexibility index (Phi) is 51.6. The Balaban J connectivity index is 4.69. The van der Waals surface area contributed by atoms with Crippen LogP contribution in [-0.2, 0) is 14.3 Å². The quantitative estimate of drug-likeness (QED) is 0.0321. The van der Waals surface area contributed by atoms with Crippen molar-refractivity contribution in [1.82, 2.24) is 5.32 Å². The molecule has 0 aromatic heterocycles. The maximum absolute atomic E-state index is 13.3. The molecular weight excluding hydrogens is 827 g/mol. The maximum Gasteiger partial charge on any atom is 0.306 e. The molecule has 386 valence electrons. The molecule has 0 heterocycles. The van der Waals surface area contributed by atoms with E-state index in [2.05, 4.69) is 111 Å². The second-order valence-electron chi connectivity index (χ2n) is 19.0. The number of ether oxygens (including phenoxy) is 1. The van der Waals surface area contributed by atoms with Crippen molar-refractivity contribution in [2.45, 2.75) is 283 Å². The molecule has 3 N–H and O–H groups in total. The number of aliphatic hydroxyl groups is 2. The summed E-state index contributed by atoms with van der Waals surface area (Å²) in [6.45, 7) is 6.42. The van der Waals surface area contributed by atoms with Crippen LogP contribution in [0, 0.1) is 0 Å². The molecule has 1 amide bonds. The molecule has 0 aromatic rings. The zero-order valence-corrected chi connectivity index (χ0v) is 44.0. The minimum absolute atomic E-state index is 0.0353. The number of allylic oxidation sites excluding steroid dienone is 14. The number of carbonyl (C=O) groups is 2. The van der Waals surface area contributed by atoms with Gasteiger partial charge in [0.15, 0.2) is 0 Å². The molecule has 0 saturated carbocycles. The molecule has 6 nitrogen and oxygen atoms in total. The number of nitrogens with one attached hydrogen (secondary N) is 1. The van der Waals surface area contributed by atoms with Gasteiger partial charge in [-0.05, 0) is 109 Å². The number of hydrogen-bond acceptors (Lipinski definition) is 5. The minimum atomic E-state index is -0.808. The molecule has 3 unspecified atom stereocenters. The predicted octanol–water partition coefficient (Wildman–Crippen LogP) is 17.5. The summed E-state index contributed by atoms with van der Waals surface area (Å²) in [5.74, 6) is -0.548. The van der Waals surface area contributed by atoms with E-state index in [1.165, 1.54) is 122 Å². The van der Waals surface area contributed by atoms with Gasteiger partial charge in [0.1, 0.15) is 6.10 Å². The molecule has 0 rings (SSSR count). The molecule has 67 heavy (non-hydrogen) atoms. The van der Waals surface area contributed by atoms with Gasteiger partial charge in [0, 0.05) is 6.42 Å². The molecular formula is C61H107NO5. The van der Waals surface area contributed by atoms with Crippen LogP contribution in [0.5, 0.6) is 0 Å². The van der Waals surface area contributed by atoms with Crippen LogP contribution in [0.1, 0.15) is 265 Å². The molecule has 6 heteroatoms. The Morgan fingerprint density at radius 3 is 1.18 bits per heavy atom. The van der Waals surface area contributed by atoms with Gasteiger partial charge < -0.3 is 20.3 Å². The number of hydrogen-bond donors (Lipinski definition) is 3. The van der Waals surface area contributed by atoms with Crippen molar-refractivity contribution in [3.05, 3.63) is 85.1 Å². The summed E-state index contributed by atoms with van der Waals surface area (Å²) in [5.41, 5.74) is 0. The Morgan fingerprint density at radius 2 is 0.761 bits per heavy atom. The van der Waals surface area contributed by atoms with E-state index in [0.29, 0.717) is 19.3 Å². The van der Waals surface area contributed by atoms with Crippen LogP contribution < -0.4 is 5.32 Å². The molecule has 0 aliphatic rings. The van der Waals surface area contributed by atoms with Gasteiger partial charge in [0.25, 0.3) is 0 Å². The highest BCUT2D eigenvalue weighted by Crippen LogP contribution is 2.17. The average molecular weight is 935 g/mol. The summed E-state index contributed by atoms with van der Waals surface area (Å²) >= 11 is 0. The van der Waals surface area contributed by atoms with Crippen molar-refractivity contribution in [3.63, 3.8) is 0 Å². The van der Waals surface area contributed by atoms with Gasteiger partial charge in [-0.2, -0.15) is 0 Å². The van der Waals surface area contributed by atoms with Crippen LogP contribution in [0.4, 0.5) is 0 Å². The molecule has 0 aromatic carbocycles. The highest BCUT2D eigenvalue weighted by atomic mass is 16.5. The van der Waals surface area contributed by atoms with E-state index < -0.39 is 18.2 Å². The van der Waals surface area contributed by atoms with E-state index >= 15 is 0 Å². The lowest BCUT2D eigenvalue weighted by Gasteiger charge is -2.24. The van der Waals surface area contributed by atoms with Gasteiger partial charge in [-0.3, -0.25) is 9.59 Å². The summed E-state index contributed by atoms with van der Waals surface area (Å²) in [4.78, 5) is 26.2. The topological polar surface area (TPSA) is 95.9 Å². The first kappa shape index (κ1) is 64.0. The monoisotopic (exact) mass is 934 g/mol. The van der Waals surface area contributed by atoms with E-state index in [-0.39, 0.29) is 24.9 Å². The standard InChI is InChI=1S/C61H107NO5/c1-4-7-10-13-16-19-22-25-28-29-30-31-33-36-39-42-45-48-51-54-61(66)67-57(52-49-46-43-40-37-34-32-26-23-20-17-14-11-8-5-2)55-60(65)62-58(56-63)59(64)53-50-47-44-41-38-35-27-24-21-18-15-12-9-6-3/h16-17,19-20,25-26,28,30-32,36-37,39-40,57-59,63-64H,4-15,18,21-24,27,29,33-35,38,41-56H2,1-3H3,(H,62,65)/b19-16-,20-17-,28-25-,31-30-,32-26-,39-36-,40-37-. The summed E-state index contributed by atoms with van der Waals surface area (Å²) < 4.78 is 5.92. The van der Waals surface area contributed by atoms with Crippen molar-refractivity contribution < 1.29 is 24.5 Å².